The molecule has 6 aromatic rings. The normalized spacial score (nSPS) is 17.1. The molecule has 0 spiro atoms. The molecule has 1 aliphatic carbocycles. The van der Waals surface area contributed by atoms with E-state index in [2.05, 4.69) is 22.2 Å². The van der Waals surface area contributed by atoms with Gasteiger partial charge < -0.3 is 35.3 Å². The summed E-state index contributed by atoms with van der Waals surface area (Å²) in [7, 11) is 2.11. The number of aliphatic hydroxyl groups excluding tert-OH is 1. The van der Waals surface area contributed by atoms with Gasteiger partial charge in [0.1, 0.15) is 11.9 Å². The van der Waals surface area contributed by atoms with Gasteiger partial charge in [0.25, 0.3) is 0 Å². The minimum Gasteiger partial charge on any atom is -0.506 e. The number of thiazole rings is 1. The van der Waals surface area contributed by atoms with Gasteiger partial charge in [-0.15, -0.1) is 22.7 Å². The molecule has 4 aromatic heterocycles. The van der Waals surface area contributed by atoms with Gasteiger partial charge in [0.2, 0.25) is 11.2 Å². The number of phenols is 1. The zero-order valence-corrected chi connectivity index (χ0v) is 31.6. The van der Waals surface area contributed by atoms with Crippen molar-refractivity contribution in [1.29, 1.82) is 0 Å². The summed E-state index contributed by atoms with van der Waals surface area (Å²) in [6.45, 7) is 2.13. The van der Waals surface area contributed by atoms with Crippen LogP contribution in [0.1, 0.15) is 59.1 Å². The molecule has 1 saturated carbocycles. The highest BCUT2D eigenvalue weighted by molar-refractivity contribution is 7.16. The van der Waals surface area contributed by atoms with Crippen molar-refractivity contribution in [3.05, 3.63) is 118 Å². The number of aliphatic hydroxyl groups is 2. The van der Waals surface area contributed by atoms with Crippen LogP contribution >= 0.6 is 34.0 Å². The molecule has 11 nitrogen and oxygen atoms in total. The van der Waals surface area contributed by atoms with Gasteiger partial charge in [-0.1, -0.05) is 35.6 Å². The fraction of sp³-hybridized carbons (Fsp3) is 0.359. The van der Waals surface area contributed by atoms with Gasteiger partial charge in [-0.3, -0.25) is 14.2 Å². The van der Waals surface area contributed by atoms with Crippen molar-refractivity contribution in [2.45, 2.75) is 69.0 Å². The molecule has 1 atom stereocenters. The van der Waals surface area contributed by atoms with Crippen molar-refractivity contribution in [3.8, 4) is 5.75 Å². The molecule has 4 heterocycles. The first-order chi connectivity index (χ1) is 25.6. The van der Waals surface area contributed by atoms with Gasteiger partial charge in [-0.05, 0) is 104 Å². The standard InChI is InChI=1S/C39H42N4O7S3/c1-42(25-8-10-26(11-9-25)50-37(47)39(49,33-5-2-19-51-33)34-6-3-20-52-34)17-4-18-43-29-21-24(7-15-32(29)53-38(43)48)22-40-23-31(45)27-12-14-30(44)36-28(27)13-16-35(46)41-36/h2-3,5-7,12-16,19-21,25-26,31,40,44-45,49H,4,8-11,17-18,22-23H2,1H3,(H,41,46)/t25-,26-,31-/m0/s1. The number of thiophene rings is 2. The second kappa shape index (κ2) is 16.1. The molecule has 2 aromatic carbocycles. The molecule has 1 fully saturated rings. The minimum absolute atomic E-state index is 0.00724. The largest absolute Gasteiger partial charge is 0.506 e. The number of ether oxygens (including phenoxy) is 1. The topological polar surface area (TPSA) is 157 Å². The van der Waals surface area contributed by atoms with E-state index in [0.717, 1.165) is 54.4 Å². The summed E-state index contributed by atoms with van der Waals surface area (Å²) in [4.78, 5) is 44.2. The van der Waals surface area contributed by atoms with Crippen LogP contribution in [-0.2, 0) is 28.2 Å². The van der Waals surface area contributed by atoms with E-state index >= 15 is 0 Å². The molecule has 0 aliphatic heterocycles. The molecule has 278 valence electrons. The third kappa shape index (κ3) is 7.90. The van der Waals surface area contributed by atoms with Crippen molar-refractivity contribution < 1.29 is 24.9 Å². The number of H-pyrrole nitrogens is 1. The highest BCUT2D eigenvalue weighted by Gasteiger charge is 2.45. The first kappa shape index (κ1) is 37.2. The number of benzene rings is 2. The average Bonchev–Trinajstić information content (AvgIpc) is 3.95. The number of carbonyl (C=O) groups excluding carboxylic acids is 1. The zero-order valence-electron chi connectivity index (χ0n) is 29.2. The average molecular weight is 775 g/mol. The summed E-state index contributed by atoms with van der Waals surface area (Å²) in [5.74, 6) is -0.673. The number of phenolic OH excluding ortho intramolecular Hbond substituents is 1. The molecule has 5 N–H and O–H groups in total. The molecule has 0 bridgehead atoms. The number of nitrogens with zero attached hydrogens (tertiary/aromatic N) is 2. The van der Waals surface area contributed by atoms with Crippen molar-refractivity contribution in [3.63, 3.8) is 0 Å². The first-order valence-electron chi connectivity index (χ1n) is 17.7. The highest BCUT2D eigenvalue weighted by atomic mass is 32.1. The third-order valence-electron chi connectivity index (χ3n) is 10.1. The van der Waals surface area contributed by atoms with Gasteiger partial charge >= 0.3 is 10.8 Å². The number of hydrogen-bond acceptors (Lipinski definition) is 12. The van der Waals surface area contributed by atoms with Crippen molar-refractivity contribution in [2.75, 3.05) is 20.1 Å². The SMILES string of the molecule is CN(CCCn1c(=O)sc2ccc(CNC[C@H](O)c3ccc(O)c4[nH]c(=O)ccc34)cc21)[C@H]1CC[C@H](OC(=O)C(O)(c2cccs2)c2cccs2)CC1. The minimum atomic E-state index is -1.80. The fourth-order valence-electron chi connectivity index (χ4n) is 7.23. The van der Waals surface area contributed by atoms with Gasteiger partial charge in [-0.2, -0.15) is 0 Å². The summed E-state index contributed by atoms with van der Waals surface area (Å²) in [6.07, 6.45) is 2.87. The Labute approximate surface area is 317 Å². The second-order valence-corrected chi connectivity index (χ2v) is 16.5. The van der Waals surface area contributed by atoms with Crippen molar-refractivity contribution in [2.24, 2.45) is 0 Å². The van der Waals surface area contributed by atoms with E-state index in [1.54, 1.807) is 24.3 Å². The number of fused-ring (bicyclic) bond motifs is 2. The number of aromatic nitrogens is 2. The Morgan fingerprint density at radius 2 is 1.77 bits per heavy atom. The predicted molar refractivity (Wildman–Crippen MR) is 210 cm³/mol. The summed E-state index contributed by atoms with van der Waals surface area (Å²) < 4.78 is 8.71. The van der Waals surface area contributed by atoms with E-state index in [1.165, 1.54) is 46.1 Å². The summed E-state index contributed by atoms with van der Waals surface area (Å²) in [5, 5.41) is 40.2. The lowest BCUT2D eigenvalue weighted by Gasteiger charge is -2.35. The Hall–Kier alpha value is -4.15. The van der Waals surface area contributed by atoms with E-state index < -0.39 is 17.7 Å². The number of esters is 1. The smallest absolute Gasteiger partial charge is 0.349 e. The van der Waals surface area contributed by atoms with E-state index in [9.17, 15) is 29.7 Å². The number of pyridine rings is 1. The Morgan fingerprint density at radius 1 is 1.04 bits per heavy atom. The lowest BCUT2D eigenvalue weighted by atomic mass is 9.91. The Bertz CT molecular complexity index is 2260. The van der Waals surface area contributed by atoms with Crippen LogP contribution < -0.4 is 15.7 Å². The summed E-state index contributed by atoms with van der Waals surface area (Å²) in [5.41, 5.74) is 0.633. The molecule has 0 unspecified atom stereocenters. The molecular weight excluding hydrogens is 733 g/mol. The van der Waals surface area contributed by atoms with Crippen molar-refractivity contribution >= 4 is 61.1 Å². The maximum atomic E-state index is 13.4. The molecular formula is C39H42N4O7S3. The van der Waals surface area contributed by atoms with E-state index in [4.69, 9.17) is 4.74 Å². The van der Waals surface area contributed by atoms with E-state index in [0.29, 0.717) is 45.4 Å². The Morgan fingerprint density at radius 3 is 2.47 bits per heavy atom. The molecule has 7 rings (SSSR count). The van der Waals surface area contributed by atoms with Gasteiger partial charge in [0, 0.05) is 37.1 Å². The van der Waals surface area contributed by atoms with Crippen LogP contribution in [0.25, 0.3) is 21.1 Å². The molecule has 0 radical (unpaired) electrons. The third-order valence-corrected chi connectivity index (χ3v) is 13.1. The predicted octanol–water partition coefficient (Wildman–Crippen LogP) is 5.67. The van der Waals surface area contributed by atoms with Gasteiger partial charge in [0.15, 0.2) is 0 Å². The molecule has 0 amide bonds. The van der Waals surface area contributed by atoms with Crippen LogP contribution in [-0.4, -0.2) is 68.0 Å². The summed E-state index contributed by atoms with van der Waals surface area (Å²) in [6, 6.07) is 19.6. The Kier molecular flexibility index (Phi) is 11.3. The Balaban J connectivity index is 0.900. The summed E-state index contributed by atoms with van der Waals surface area (Å²) >= 11 is 3.92. The number of nitrogens with one attached hydrogen (secondary N) is 2. The fourth-order valence-corrected chi connectivity index (χ4v) is 9.85. The zero-order chi connectivity index (χ0) is 37.1. The van der Waals surface area contributed by atoms with Crippen LogP contribution in [0.5, 0.6) is 5.75 Å². The van der Waals surface area contributed by atoms with E-state index in [-0.39, 0.29) is 28.8 Å². The van der Waals surface area contributed by atoms with Gasteiger partial charge in [0.05, 0.1) is 31.6 Å². The number of rotatable bonds is 14. The lowest BCUT2D eigenvalue weighted by Crippen LogP contribution is -2.42. The number of carbonyl (C=O) groups is 1. The number of aryl methyl sites for hydroxylation is 1. The first-order valence-corrected chi connectivity index (χ1v) is 20.3. The molecule has 1 aliphatic rings. The highest BCUT2D eigenvalue weighted by Crippen LogP contribution is 2.38. The monoisotopic (exact) mass is 774 g/mol. The van der Waals surface area contributed by atoms with Crippen LogP contribution in [0.4, 0.5) is 0 Å². The van der Waals surface area contributed by atoms with Crippen molar-refractivity contribution in [1.82, 2.24) is 19.8 Å². The maximum absolute atomic E-state index is 13.4. The van der Waals surface area contributed by atoms with Gasteiger partial charge in [-0.25, -0.2) is 4.79 Å². The van der Waals surface area contributed by atoms with Crippen LogP contribution in [0, 0.1) is 0 Å². The van der Waals surface area contributed by atoms with E-state index in [1.807, 2.05) is 45.7 Å². The lowest BCUT2D eigenvalue weighted by molar-refractivity contribution is -0.169. The van der Waals surface area contributed by atoms with Crippen LogP contribution in [0.2, 0.25) is 0 Å². The van der Waals surface area contributed by atoms with Crippen LogP contribution in [0.3, 0.4) is 0 Å². The number of aromatic hydroxyl groups is 1. The molecule has 53 heavy (non-hydrogen) atoms. The second-order valence-electron chi connectivity index (χ2n) is 13.6. The number of hydrogen-bond donors (Lipinski definition) is 5. The molecule has 0 saturated heterocycles. The molecule has 14 heteroatoms. The maximum Gasteiger partial charge on any atom is 0.349 e. The van der Waals surface area contributed by atoms with Crippen LogP contribution in [0.15, 0.2) is 87.1 Å². The quantitative estimate of drug-likeness (QED) is 0.0881. The number of aromatic amines is 1.